The third-order valence-corrected chi connectivity index (χ3v) is 2.81. The summed E-state index contributed by atoms with van der Waals surface area (Å²) in [4.78, 5) is 0. The molecule has 0 bridgehead atoms. The van der Waals surface area contributed by atoms with Crippen LogP contribution in [0.5, 0.6) is 0 Å². The molecule has 16 heavy (non-hydrogen) atoms. The first-order valence-corrected chi connectivity index (χ1v) is 5.63. The van der Waals surface area contributed by atoms with Crippen LogP contribution in [-0.4, -0.2) is 0 Å². The van der Waals surface area contributed by atoms with Crippen LogP contribution in [0.15, 0.2) is 42.5 Å². The molecular formula is C14H14ClN. The largest absolute Gasteiger partial charge is 0.355 e. The number of aryl methyl sites for hydroxylation is 2. The number of para-hydroxylation sites is 1. The summed E-state index contributed by atoms with van der Waals surface area (Å²) < 4.78 is 0. The van der Waals surface area contributed by atoms with Crippen LogP contribution in [0.25, 0.3) is 0 Å². The zero-order valence-corrected chi connectivity index (χ0v) is 10.2. The van der Waals surface area contributed by atoms with E-state index in [9.17, 15) is 0 Å². The molecule has 2 aromatic rings. The molecule has 2 aromatic carbocycles. The summed E-state index contributed by atoms with van der Waals surface area (Å²) in [6.07, 6.45) is 0. The fourth-order valence-corrected chi connectivity index (χ4v) is 1.91. The molecule has 0 amide bonds. The highest BCUT2D eigenvalue weighted by molar-refractivity contribution is 6.30. The lowest BCUT2D eigenvalue weighted by atomic mass is 10.1. The fourth-order valence-electron chi connectivity index (χ4n) is 1.72. The molecule has 0 unspecified atom stereocenters. The molecule has 1 nitrogen and oxygen atoms in total. The molecule has 0 spiro atoms. The molecule has 0 aliphatic rings. The van der Waals surface area contributed by atoms with Crippen molar-refractivity contribution in [1.82, 2.24) is 0 Å². The van der Waals surface area contributed by atoms with E-state index in [1.165, 1.54) is 11.1 Å². The van der Waals surface area contributed by atoms with Crippen molar-refractivity contribution < 1.29 is 0 Å². The summed E-state index contributed by atoms with van der Waals surface area (Å²) in [5.74, 6) is 0. The van der Waals surface area contributed by atoms with Crippen LogP contribution in [0.4, 0.5) is 11.4 Å². The zero-order chi connectivity index (χ0) is 11.5. The molecule has 0 atom stereocenters. The topological polar surface area (TPSA) is 12.0 Å². The van der Waals surface area contributed by atoms with Crippen molar-refractivity contribution in [3.63, 3.8) is 0 Å². The highest BCUT2D eigenvalue weighted by Crippen LogP contribution is 2.25. The average molecular weight is 232 g/mol. The minimum Gasteiger partial charge on any atom is -0.355 e. The van der Waals surface area contributed by atoms with Crippen LogP contribution < -0.4 is 5.32 Å². The molecule has 0 saturated heterocycles. The van der Waals surface area contributed by atoms with Crippen molar-refractivity contribution in [2.75, 3.05) is 5.32 Å². The lowest BCUT2D eigenvalue weighted by Gasteiger charge is -2.12. The Morgan fingerprint density at radius 3 is 2.19 bits per heavy atom. The van der Waals surface area contributed by atoms with Gasteiger partial charge >= 0.3 is 0 Å². The second kappa shape index (κ2) is 4.58. The summed E-state index contributed by atoms with van der Waals surface area (Å²) in [6, 6.07) is 14.0. The van der Waals surface area contributed by atoms with Crippen molar-refractivity contribution in [3.8, 4) is 0 Å². The Balaban J connectivity index is 2.34. The van der Waals surface area contributed by atoms with Crippen LogP contribution >= 0.6 is 11.6 Å². The van der Waals surface area contributed by atoms with Gasteiger partial charge in [0.1, 0.15) is 0 Å². The molecule has 0 fully saturated rings. The van der Waals surface area contributed by atoms with Gasteiger partial charge in [0, 0.05) is 16.4 Å². The average Bonchev–Trinajstić information content (AvgIpc) is 2.24. The van der Waals surface area contributed by atoms with E-state index in [4.69, 9.17) is 11.6 Å². The van der Waals surface area contributed by atoms with Gasteiger partial charge in [-0.25, -0.2) is 0 Å². The molecule has 0 saturated carbocycles. The number of nitrogens with one attached hydrogen (secondary N) is 1. The number of benzene rings is 2. The monoisotopic (exact) mass is 231 g/mol. The first-order chi connectivity index (χ1) is 7.66. The number of halogens is 1. The van der Waals surface area contributed by atoms with E-state index in [1.54, 1.807) is 0 Å². The molecular weight excluding hydrogens is 218 g/mol. The second-order valence-electron chi connectivity index (χ2n) is 3.90. The summed E-state index contributed by atoms with van der Waals surface area (Å²) >= 11 is 5.95. The molecule has 82 valence electrons. The minimum absolute atomic E-state index is 0.747. The molecule has 1 N–H and O–H groups in total. The minimum atomic E-state index is 0.747. The van der Waals surface area contributed by atoms with E-state index in [2.05, 4.69) is 37.4 Å². The van der Waals surface area contributed by atoms with Gasteiger partial charge in [-0.05, 0) is 43.2 Å². The molecule has 0 aromatic heterocycles. The highest BCUT2D eigenvalue weighted by Gasteiger charge is 2.02. The Bertz CT molecular complexity index is 486. The Labute approximate surface area is 101 Å². The number of hydrogen-bond donors (Lipinski definition) is 1. The predicted molar refractivity (Wildman–Crippen MR) is 70.7 cm³/mol. The van der Waals surface area contributed by atoms with Gasteiger partial charge in [-0.3, -0.25) is 0 Å². The predicted octanol–water partition coefficient (Wildman–Crippen LogP) is 4.70. The van der Waals surface area contributed by atoms with Crippen LogP contribution in [-0.2, 0) is 0 Å². The molecule has 0 aliphatic heterocycles. The normalized spacial score (nSPS) is 10.2. The smallest absolute Gasteiger partial charge is 0.0443 e. The van der Waals surface area contributed by atoms with Crippen molar-refractivity contribution in [2.24, 2.45) is 0 Å². The fraction of sp³-hybridized carbons (Fsp3) is 0.143. The third-order valence-electron chi connectivity index (χ3n) is 2.58. The van der Waals surface area contributed by atoms with Gasteiger partial charge in [-0.2, -0.15) is 0 Å². The van der Waals surface area contributed by atoms with Gasteiger partial charge in [0.2, 0.25) is 0 Å². The standard InChI is InChI=1S/C14H14ClN/c1-10-5-3-6-11(2)14(10)16-13-8-4-7-12(15)9-13/h3-9,16H,1-2H3. The summed E-state index contributed by atoms with van der Waals surface area (Å²) in [5.41, 5.74) is 4.65. The molecule has 0 radical (unpaired) electrons. The lowest BCUT2D eigenvalue weighted by molar-refractivity contribution is 1.36. The summed E-state index contributed by atoms with van der Waals surface area (Å²) in [5, 5.41) is 4.14. The number of anilines is 2. The van der Waals surface area contributed by atoms with Gasteiger partial charge in [0.05, 0.1) is 0 Å². The van der Waals surface area contributed by atoms with E-state index in [1.807, 2.05) is 24.3 Å². The summed E-state index contributed by atoms with van der Waals surface area (Å²) in [6.45, 7) is 4.19. The van der Waals surface area contributed by atoms with Crippen LogP contribution in [0.3, 0.4) is 0 Å². The number of hydrogen-bond acceptors (Lipinski definition) is 1. The maximum atomic E-state index is 5.95. The maximum absolute atomic E-state index is 5.95. The van der Waals surface area contributed by atoms with E-state index in [-0.39, 0.29) is 0 Å². The van der Waals surface area contributed by atoms with E-state index in [0.717, 1.165) is 16.4 Å². The zero-order valence-electron chi connectivity index (χ0n) is 9.42. The Hall–Kier alpha value is -1.47. The molecule has 2 heteroatoms. The van der Waals surface area contributed by atoms with Crippen LogP contribution in [0.1, 0.15) is 11.1 Å². The quantitative estimate of drug-likeness (QED) is 0.790. The Kier molecular flexibility index (Phi) is 3.16. The van der Waals surface area contributed by atoms with Gasteiger partial charge in [0.15, 0.2) is 0 Å². The van der Waals surface area contributed by atoms with Crippen molar-refractivity contribution in [2.45, 2.75) is 13.8 Å². The Morgan fingerprint density at radius 2 is 1.56 bits per heavy atom. The van der Waals surface area contributed by atoms with E-state index < -0.39 is 0 Å². The first kappa shape index (κ1) is 11.0. The lowest BCUT2D eigenvalue weighted by Crippen LogP contribution is -1.95. The molecule has 2 rings (SSSR count). The molecule has 0 heterocycles. The van der Waals surface area contributed by atoms with Crippen molar-refractivity contribution in [3.05, 3.63) is 58.6 Å². The van der Waals surface area contributed by atoms with E-state index in [0.29, 0.717) is 0 Å². The Morgan fingerprint density at radius 1 is 0.938 bits per heavy atom. The van der Waals surface area contributed by atoms with Gasteiger partial charge in [-0.15, -0.1) is 0 Å². The SMILES string of the molecule is Cc1cccc(C)c1Nc1cccc(Cl)c1. The van der Waals surface area contributed by atoms with Crippen molar-refractivity contribution in [1.29, 1.82) is 0 Å². The first-order valence-electron chi connectivity index (χ1n) is 5.25. The van der Waals surface area contributed by atoms with Crippen molar-refractivity contribution >= 4 is 23.0 Å². The molecule has 0 aliphatic carbocycles. The third kappa shape index (κ3) is 2.37. The second-order valence-corrected chi connectivity index (χ2v) is 4.34. The summed E-state index contributed by atoms with van der Waals surface area (Å²) in [7, 11) is 0. The van der Waals surface area contributed by atoms with Gasteiger partial charge in [-0.1, -0.05) is 35.9 Å². The van der Waals surface area contributed by atoms with Crippen LogP contribution in [0.2, 0.25) is 5.02 Å². The van der Waals surface area contributed by atoms with Crippen LogP contribution in [0, 0.1) is 13.8 Å². The van der Waals surface area contributed by atoms with E-state index >= 15 is 0 Å². The van der Waals surface area contributed by atoms with Gasteiger partial charge in [0.25, 0.3) is 0 Å². The number of rotatable bonds is 2. The van der Waals surface area contributed by atoms with Gasteiger partial charge < -0.3 is 5.32 Å². The highest BCUT2D eigenvalue weighted by atomic mass is 35.5. The maximum Gasteiger partial charge on any atom is 0.0443 e.